The fraction of sp³-hybridized carbons (Fsp3) is 0.800. The summed E-state index contributed by atoms with van der Waals surface area (Å²) in [5.74, 6) is -0.0498. The third-order valence-corrected chi connectivity index (χ3v) is 1.18. The number of thiol groups is 1. The molecule has 0 saturated carbocycles. The van der Waals surface area contributed by atoms with E-state index in [0.717, 1.165) is 18.9 Å². The summed E-state index contributed by atoms with van der Waals surface area (Å²) < 4.78 is 12.8. The molecule has 0 rings (SSSR count). The van der Waals surface area contributed by atoms with E-state index in [-0.39, 0.29) is 5.97 Å². The Labute approximate surface area is 81.7 Å². The molecule has 0 aromatic carbocycles. The van der Waals surface area contributed by atoms with Gasteiger partial charge < -0.3 is 10.5 Å². The van der Waals surface area contributed by atoms with Gasteiger partial charge in [-0.2, -0.15) is 12.6 Å². The first-order valence-corrected chi connectivity index (χ1v) is 4.30. The van der Waals surface area contributed by atoms with Crippen molar-refractivity contribution < 1.29 is 31.9 Å². The second-order valence-corrected chi connectivity index (χ2v) is 1.91. The molecule has 0 heterocycles. The van der Waals surface area contributed by atoms with Crippen LogP contribution in [0.3, 0.4) is 0 Å². The molecule has 2 N–H and O–H groups in total. The molecular weight excluding hydrogens is 253 g/mol. The first-order chi connectivity index (χ1) is 5.22. The summed E-state index contributed by atoms with van der Waals surface area (Å²) >= 11 is 4.72. The van der Waals surface area contributed by atoms with Crippen LogP contribution < -0.4 is 5.73 Å². The van der Waals surface area contributed by atoms with Crippen molar-refractivity contribution in [3.8, 4) is 0 Å². The van der Waals surface area contributed by atoms with E-state index in [9.17, 15) is 4.79 Å². The molecule has 1 atom stereocenters. The van der Waals surface area contributed by atoms with E-state index in [1.165, 1.54) is 0 Å². The van der Waals surface area contributed by atoms with Gasteiger partial charge >= 0.3 is 28.3 Å². The third kappa shape index (κ3) is 8.13. The van der Waals surface area contributed by atoms with Gasteiger partial charge in [-0.1, -0.05) is 0 Å². The van der Waals surface area contributed by atoms with Crippen LogP contribution in [0.2, 0.25) is 0 Å². The Morgan fingerprint density at radius 2 is 2.18 bits per heavy atom. The van der Waals surface area contributed by atoms with E-state index >= 15 is 0 Å². The van der Waals surface area contributed by atoms with Crippen LogP contribution >= 0.6 is 12.6 Å². The average molecular weight is 264 g/mol. The maximum absolute atomic E-state index is 10.6. The SMILES string of the molecule is CCOC(=O)[C@@H](N)CS.[O]=[99Tc]. The molecule has 0 saturated heterocycles. The zero-order valence-corrected chi connectivity index (χ0v) is 8.87. The van der Waals surface area contributed by atoms with Gasteiger partial charge in [0.25, 0.3) is 0 Å². The number of rotatable bonds is 3. The molecule has 67 valence electrons. The molecule has 0 amide bonds. The molecule has 0 bridgehead atoms. The third-order valence-electron chi connectivity index (χ3n) is 0.786. The molecule has 0 aliphatic carbocycles. The minimum absolute atomic E-state index is 0.332. The summed E-state index contributed by atoms with van der Waals surface area (Å²) in [6, 6.07) is -0.576. The van der Waals surface area contributed by atoms with Crippen molar-refractivity contribution in [3.63, 3.8) is 0 Å². The summed E-state index contributed by atoms with van der Waals surface area (Å²) in [6.07, 6.45) is 0. The summed E-state index contributed by atoms with van der Waals surface area (Å²) in [7, 11) is 0. The predicted molar refractivity (Wildman–Crippen MR) is 39.1 cm³/mol. The van der Waals surface area contributed by atoms with Crippen LogP contribution in [0.5, 0.6) is 0 Å². The number of esters is 1. The molecule has 0 aromatic heterocycles. The normalized spacial score (nSPS) is 10.8. The van der Waals surface area contributed by atoms with E-state index < -0.39 is 6.04 Å². The van der Waals surface area contributed by atoms with Crippen LogP contribution in [0.25, 0.3) is 0 Å². The van der Waals surface area contributed by atoms with E-state index in [4.69, 9.17) is 9.24 Å². The summed E-state index contributed by atoms with van der Waals surface area (Å²) in [4.78, 5) is 10.6. The Balaban J connectivity index is 0. The molecule has 0 aliphatic heterocycles. The zero-order chi connectivity index (χ0) is 9.28. The first-order valence-electron chi connectivity index (χ1n) is 2.90. The monoisotopic (exact) mass is 264 g/mol. The fourth-order valence-electron chi connectivity index (χ4n) is 0.324. The zero-order valence-electron chi connectivity index (χ0n) is 6.12. The van der Waals surface area contributed by atoms with E-state index in [1.807, 2.05) is 0 Å². The van der Waals surface area contributed by atoms with Crippen LogP contribution in [-0.2, 0) is 31.9 Å². The average Bonchev–Trinajstić information content (AvgIpc) is 2.07. The fourth-order valence-corrected chi connectivity index (χ4v) is 0.473. The number of nitrogens with two attached hydrogens (primary N) is 1. The van der Waals surface area contributed by atoms with Gasteiger partial charge in [-0.3, -0.25) is 4.79 Å². The molecule has 0 aliphatic rings. The van der Waals surface area contributed by atoms with Crippen molar-refractivity contribution in [2.45, 2.75) is 13.0 Å². The number of hydrogen-bond acceptors (Lipinski definition) is 5. The van der Waals surface area contributed by atoms with Gasteiger partial charge in [0.05, 0.1) is 6.61 Å². The van der Waals surface area contributed by atoms with Crippen molar-refractivity contribution in [2.24, 2.45) is 5.73 Å². The summed E-state index contributed by atoms with van der Waals surface area (Å²) in [5.41, 5.74) is 5.25. The van der Waals surface area contributed by atoms with Gasteiger partial charge in [-0.15, -0.1) is 0 Å². The minimum atomic E-state index is -0.576. The van der Waals surface area contributed by atoms with Gasteiger partial charge in [-0.25, -0.2) is 0 Å². The second kappa shape index (κ2) is 10.2. The van der Waals surface area contributed by atoms with Crippen molar-refractivity contribution in [1.82, 2.24) is 0 Å². The molecule has 0 radical (unpaired) electrons. The Kier molecular flexibility index (Phi) is 12.8. The molecular formula is C5H11NO3STc. The van der Waals surface area contributed by atoms with Crippen LogP contribution in [-0.4, -0.2) is 24.4 Å². The van der Waals surface area contributed by atoms with Gasteiger partial charge in [0.15, 0.2) is 0 Å². The van der Waals surface area contributed by atoms with Crippen LogP contribution in [0.1, 0.15) is 6.92 Å². The van der Waals surface area contributed by atoms with Gasteiger partial charge in [-0.05, 0) is 6.92 Å². The quantitative estimate of drug-likeness (QED) is 0.541. The predicted octanol–water partition coefficient (Wildman–Crippen LogP) is -0.315. The molecule has 0 fully saturated rings. The molecule has 0 aromatic rings. The topological polar surface area (TPSA) is 69.4 Å². The van der Waals surface area contributed by atoms with Crippen molar-refractivity contribution >= 4 is 18.6 Å². The molecule has 0 unspecified atom stereocenters. The van der Waals surface area contributed by atoms with E-state index in [0.29, 0.717) is 12.4 Å². The number of hydrogen-bond donors (Lipinski definition) is 2. The Bertz CT molecular complexity index is 114. The van der Waals surface area contributed by atoms with Crippen molar-refractivity contribution in [2.75, 3.05) is 12.4 Å². The van der Waals surface area contributed by atoms with Gasteiger partial charge in [0.2, 0.25) is 0 Å². The second-order valence-electron chi connectivity index (χ2n) is 1.54. The van der Waals surface area contributed by atoms with E-state index in [2.05, 4.69) is 17.4 Å². The Morgan fingerprint density at radius 1 is 1.73 bits per heavy atom. The molecule has 4 nitrogen and oxygen atoms in total. The summed E-state index contributed by atoms with van der Waals surface area (Å²) in [5, 5.41) is 0. The van der Waals surface area contributed by atoms with Gasteiger partial charge in [0.1, 0.15) is 6.04 Å². The standard InChI is InChI=1S/C5H11NO2S.O.Tc/c1-2-8-5(7)4(6)3-9;;/h4,9H,2-3,6H2,1H3;;/t4-;;/m0../s1/i;;1+1. The summed E-state index contributed by atoms with van der Waals surface area (Å²) in [6.45, 7) is 2.11. The van der Waals surface area contributed by atoms with Crippen LogP contribution in [0, 0.1) is 0 Å². The van der Waals surface area contributed by atoms with Crippen LogP contribution in [0.15, 0.2) is 0 Å². The number of carbonyl (C=O) groups excluding carboxylic acids is 1. The Morgan fingerprint density at radius 3 is 2.45 bits per heavy atom. The van der Waals surface area contributed by atoms with Crippen LogP contribution in [0.4, 0.5) is 0 Å². The first kappa shape index (κ1) is 13.8. The van der Waals surface area contributed by atoms with E-state index in [1.54, 1.807) is 6.92 Å². The molecule has 6 heteroatoms. The maximum atomic E-state index is 10.6. The molecule has 11 heavy (non-hydrogen) atoms. The van der Waals surface area contributed by atoms with Crippen molar-refractivity contribution in [1.29, 1.82) is 0 Å². The van der Waals surface area contributed by atoms with Gasteiger partial charge in [0, 0.05) is 5.75 Å². The Hall–Kier alpha value is 0.229. The molecule has 0 spiro atoms. The van der Waals surface area contributed by atoms with Crippen molar-refractivity contribution in [3.05, 3.63) is 0 Å². The number of carbonyl (C=O) groups is 1. The number of ether oxygens (including phenoxy) is 1.